The highest BCUT2D eigenvalue weighted by Crippen LogP contribution is 2.35. The number of ketones is 1. The van der Waals surface area contributed by atoms with Gasteiger partial charge in [0, 0.05) is 6.07 Å². The highest BCUT2D eigenvalue weighted by Gasteiger charge is 2.28. The van der Waals surface area contributed by atoms with Crippen LogP contribution < -0.4 is 14.2 Å². The van der Waals surface area contributed by atoms with Gasteiger partial charge in [-0.15, -0.1) is 0 Å². The summed E-state index contributed by atoms with van der Waals surface area (Å²) >= 11 is 0. The number of rotatable bonds is 4. The molecule has 1 aliphatic heterocycles. The van der Waals surface area contributed by atoms with Crippen molar-refractivity contribution in [2.75, 3.05) is 7.11 Å². The van der Waals surface area contributed by atoms with E-state index < -0.39 is 5.97 Å². The van der Waals surface area contributed by atoms with E-state index in [-0.39, 0.29) is 11.5 Å². The zero-order valence-electron chi connectivity index (χ0n) is 16.0. The molecule has 5 nitrogen and oxygen atoms in total. The van der Waals surface area contributed by atoms with Gasteiger partial charge in [0.1, 0.15) is 17.2 Å². The smallest absolute Gasteiger partial charge is 0.343 e. The van der Waals surface area contributed by atoms with Gasteiger partial charge in [0.05, 0.1) is 18.2 Å². The average Bonchev–Trinajstić information content (AvgIpc) is 3.04. The number of methoxy groups -OCH3 is 1. The maximum absolute atomic E-state index is 12.6. The summed E-state index contributed by atoms with van der Waals surface area (Å²) in [5.74, 6) is 0.730. The first-order valence-corrected chi connectivity index (χ1v) is 9.05. The summed E-state index contributed by atoms with van der Waals surface area (Å²) in [7, 11) is 1.53. The number of allylic oxidation sites excluding steroid dienone is 1. The molecule has 0 saturated carbocycles. The molecule has 3 aromatic rings. The van der Waals surface area contributed by atoms with Crippen molar-refractivity contribution in [1.82, 2.24) is 0 Å². The largest absolute Gasteiger partial charge is 0.497 e. The second-order valence-electron chi connectivity index (χ2n) is 6.63. The normalized spacial score (nSPS) is 13.7. The standard InChI is InChI=1S/C24H18O5/c1-15-6-8-16(9-7-15)12-22-23(25)20-11-10-19(14-21(20)29-22)28-24(26)17-4-3-5-18(13-17)27-2/h3-14H,1-2H3/b22-12-. The Bertz CT molecular complexity index is 1130. The van der Waals surface area contributed by atoms with E-state index in [1.54, 1.807) is 48.5 Å². The third-order valence-electron chi connectivity index (χ3n) is 4.53. The Balaban J connectivity index is 1.54. The lowest BCUT2D eigenvalue weighted by molar-refractivity contribution is 0.0734. The van der Waals surface area contributed by atoms with E-state index >= 15 is 0 Å². The fraction of sp³-hybridized carbons (Fsp3) is 0.0833. The van der Waals surface area contributed by atoms with Crippen molar-refractivity contribution in [2.45, 2.75) is 6.92 Å². The number of hydrogen-bond donors (Lipinski definition) is 0. The zero-order valence-corrected chi connectivity index (χ0v) is 16.0. The molecular formula is C24H18O5. The van der Waals surface area contributed by atoms with Crippen LogP contribution >= 0.6 is 0 Å². The third-order valence-corrected chi connectivity index (χ3v) is 4.53. The molecule has 0 radical (unpaired) electrons. The molecule has 0 saturated heterocycles. The Morgan fingerprint density at radius 3 is 2.52 bits per heavy atom. The van der Waals surface area contributed by atoms with Crippen LogP contribution in [0, 0.1) is 6.92 Å². The predicted octanol–water partition coefficient (Wildman–Crippen LogP) is 4.84. The summed E-state index contributed by atoms with van der Waals surface area (Å²) < 4.78 is 16.3. The van der Waals surface area contributed by atoms with E-state index in [1.165, 1.54) is 7.11 Å². The van der Waals surface area contributed by atoms with Crippen LogP contribution in [0.2, 0.25) is 0 Å². The Labute approximate surface area is 168 Å². The van der Waals surface area contributed by atoms with Crippen LogP contribution in [-0.4, -0.2) is 18.9 Å². The molecule has 4 rings (SSSR count). The zero-order chi connectivity index (χ0) is 20.4. The first kappa shape index (κ1) is 18.5. The van der Waals surface area contributed by atoms with Gasteiger partial charge in [-0.2, -0.15) is 0 Å². The molecule has 0 spiro atoms. The number of esters is 1. The van der Waals surface area contributed by atoms with Crippen LogP contribution in [-0.2, 0) is 0 Å². The van der Waals surface area contributed by atoms with E-state index in [4.69, 9.17) is 14.2 Å². The molecule has 0 unspecified atom stereocenters. The number of hydrogen-bond acceptors (Lipinski definition) is 5. The van der Waals surface area contributed by atoms with Crippen LogP contribution in [0.5, 0.6) is 17.2 Å². The Morgan fingerprint density at radius 2 is 1.76 bits per heavy atom. The van der Waals surface area contributed by atoms with E-state index in [9.17, 15) is 9.59 Å². The molecule has 1 heterocycles. The highest BCUT2D eigenvalue weighted by atomic mass is 16.5. The minimum Gasteiger partial charge on any atom is -0.497 e. The van der Waals surface area contributed by atoms with E-state index in [2.05, 4.69) is 0 Å². The molecule has 0 N–H and O–H groups in total. The van der Waals surface area contributed by atoms with Gasteiger partial charge in [-0.3, -0.25) is 4.79 Å². The minimum absolute atomic E-state index is 0.203. The number of Topliss-reactive ketones (excluding diaryl/α,β-unsaturated/α-hetero) is 1. The first-order chi connectivity index (χ1) is 14.0. The van der Waals surface area contributed by atoms with Crippen molar-refractivity contribution in [3.05, 3.63) is 94.7 Å². The van der Waals surface area contributed by atoms with Gasteiger partial charge in [-0.1, -0.05) is 35.9 Å². The van der Waals surface area contributed by atoms with Crippen LogP contribution in [0.1, 0.15) is 31.8 Å². The van der Waals surface area contributed by atoms with Gasteiger partial charge >= 0.3 is 5.97 Å². The lowest BCUT2D eigenvalue weighted by Crippen LogP contribution is -2.08. The number of carbonyl (C=O) groups excluding carboxylic acids is 2. The summed E-state index contributed by atoms with van der Waals surface area (Å²) in [6, 6.07) is 19.2. The van der Waals surface area contributed by atoms with E-state index in [1.807, 2.05) is 31.2 Å². The van der Waals surface area contributed by atoms with Crippen molar-refractivity contribution in [3.8, 4) is 17.2 Å². The fourth-order valence-electron chi connectivity index (χ4n) is 2.96. The van der Waals surface area contributed by atoms with Gasteiger partial charge in [0.25, 0.3) is 0 Å². The molecule has 144 valence electrons. The first-order valence-electron chi connectivity index (χ1n) is 9.05. The van der Waals surface area contributed by atoms with Crippen LogP contribution in [0.25, 0.3) is 6.08 Å². The van der Waals surface area contributed by atoms with Crippen LogP contribution in [0.15, 0.2) is 72.5 Å². The molecule has 0 atom stereocenters. The molecule has 5 heteroatoms. The van der Waals surface area contributed by atoms with Gasteiger partial charge in [-0.25, -0.2) is 4.79 Å². The van der Waals surface area contributed by atoms with Gasteiger partial charge < -0.3 is 14.2 Å². The highest BCUT2D eigenvalue weighted by molar-refractivity contribution is 6.14. The van der Waals surface area contributed by atoms with Gasteiger partial charge in [0.15, 0.2) is 5.76 Å². The Morgan fingerprint density at radius 1 is 0.966 bits per heavy atom. The summed E-state index contributed by atoms with van der Waals surface area (Å²) in [6.07, 6.45) is 1.70. The maximum atomic E-state index is 12.6. The lowest BCUT2D eigenvalue weighted by atomic mass is 10.1. The summed E-state index contributed by atoms with van der Waals surface area (Å²) in [5.41, 5.74) is 2.80. The number of carbonyl (C=O) groups is 2. The Hall–Kier alpha value is -3.86. The molecular weight excluding hydrogens is 368 g/mol. The van der Waals surface area contributed by atoms with E-state index in [0.717, 1.165) is 11.1 Å². The van der Waals surface area contributed by atoms with Gasteiger partial charge in [0.2, 0.25) is 5.78 Å². The van der Waals surface area contributed by atoms with E-state index in [0.29, 0.717) is 28.4 Å². The number of ether oxygens (including phenoxy) is 3. The number of benzene rings is 3. The van der Waals surface area contributed by atoms with Crippen molar-refractivity contribution < 1.29 is 23.8 Å². The number of aryl methyl sites for hydroxylation is 1. The van der Waals surface area contributed by atoms with Crippen molar-refractivity contribution >= 4 is 17.8 Å². The minimum atomic E-state index is -0.524. The lowest BCUT2D eigenvalue weighted by Gasteiger charge is -2.07. The van der Waals surface area contributed by atoms with Crippen molar-refractivity contribution in [3.63, 3.8) is 0 Å². The van der Waals surface area contributed by atoms with Crippen molar-refractivity contribution in [1.29, 1.82) is 0 Å². The second kappa shape index (κ2) is 7.64. The SMILES string of the molecule is COc1cccc(C(=O)Oc2ccc3c(c2)O/C(=C\c2ccc(C)cc2)C3=O)c1. The van der Waals surface area contributed by atoms with Crippen LogP contribution in [0.3, 0.4) is 0 Å². The number of fused-ring (bicyclic) bond motifs is 1. The van der Waals surface area contributed by atoms with Crippen LogP contribution in [0.4, 0.5) is 0 Å². The second-order valence-corrected chi connectivity index (χ2v) is 6.63. The monoisotopic (exact) mass is 386 g/mol. The maximum Gasteiger partial charge on any atom is 0.343 e. The topological polar surface area (TPSA) is 61.8 Å². The molecule has 0 bridgehead atoms. The quantitative estimate of drug-likeness (QED) is 0.365. The van der Waals surface area contributed by atoms with Crippen molar-refractivity contribution in [2.24, 2.45) is 0 Å². The molecule has 3 aromatic carbocycles. The molecule has 1 aliphatic rings. The van der Waals surface area contributed by atoms with Gasteiger partial charge in [-0.05, 0) is 48.9 Å². The summed E-state index contributed by atoms with van der Waals surface area (Å²) in [6.45, 7) is 2.00. The fourth-order valence-corrected chi connectivity index (χ4v) is 2.96. The molecule has 0 fully saturated rings. The summed E-state index contributed by atoms with van der Waals surface area (Å²) in [4.78, 5) is 25.0. The molecule has 29 heavy (non-hydrogen) atoms. The molecule has 0 aromatic heterocycles. The Kier molecular flexibility index (Phi) is 4.87. The third kappa shape index (κ3) is 3.89. The summed E-state index contributed by atoms with van der Waals surface area (Å²) in [5, 5.41) is 0. The average molecular weight is 386 g/mol. The molecule has 0 aliphatic carbocycles. The predicted molar refractivity (Wildman–Crippen MR) is 109 cm³/mol. The molecule has 0 amide bonds.